The molecule has 4 rings (SSSR count). The summed E-state index contributed by atoms with van der Waals surface area (Å²) in [6.45, 7) is 12.8. The highest BCUT2D eigenvalue weighted by molar-refractivity contribution is 6.42. The van der Waals surface area contributed by atoms with Crippen molar-refractivity contribution in [2.24, 2.45) is 0 Å². The Kier molecular flexibility index (Phi) is 10.8. The number of H-pyrrole nitrogens is 1. The number of benzene rings is 3. The average Bonchev–Trinajstić information content (AvgIpc) is 3.43. The second kappa shape index (κ2) is 14.2. The van der Waals surface area contributed by atoms with Gasteiger partial charge in [0.15, 0.2) is 6.61 Å². The molecule has 0 aliphatic carbocycles. The number of aromatic amines is 1. The zero-order valence-corrected chi connectivity index (χ0v) is 28.9. The standard InChI is InChI=1S/C34H38Cl3N5O4/c1-7-33(3,4)21-12-13-28(25(16-21)34(5,6)8-2)46-20-29(43)39-23-10-9-11-24(19-23)41(42-30(44)14-15-38-42)32(45)40-31-26(36)17-22(35)18-27(31)37/h9-19,38H,7-8,20H2,1-6H3,(H,39,43)(H,40,45). The topological polar surface area (TPSA) is 108 Å². The van der Waals surface area contributed by atoms with Crippen LogP contribution in [0, 0.1) is 0 Å². The maximum Gasteiger partial charge on any atom is 0.347 e. The van der Waals surface area contributed by atoms with Gasteiger partial charge in [0.1, 0.15) is 5.75 Å². The van der Waals surface area contributed by atoms with Crippen molar-refractivity contribution in [1.82, 2.24) is 9.89 Å². The Balaban J connectivity index is 1.56. The number of amides is 3. The molecule has 0 atom stereocenters. The number of hydrogen-bond donors (Lipinski definition) is 3. The van der Waals surface area contributed by atoms with Gasteiger partial charge < -0.3 is 15.4 Å². The quantitative estimate of drug-likeness (QED) is 0.146. The first-order chi connectivity index (χ1) is 21.7. The molecule has 0 saturated heterocycles. The molecule has 3 aromatic carbocycles. The minimum absolute atomic E-state index is 0.00286. The minimum Gasteiger partial charge on any atom is -0.483 e. The molecule has 1 heterocycles. The maximum atomic E-state index is 13.6. The third kappa shape index (κ3) is 7.89. The number of rotatable bonds is 11. The number of aromatic nitrogens is 2. The largest absolute Gasteiger partial charge is 0.483 e. The predicted octanol–water partition coefficient (Wildman–Crippen LogP) is 9.03. The summed E-state index contributed by atoms with van der Waals surface area (Å²) in [5.74, 6) is 0.253. The SMILES string of the molecule is CCC(C)(C)c1ccc(OCC(=O)Nc2cccc(N(C(=O)Nc3c(Cl)cc(Cl)cc3Cl)n3[nH]ccc3=O)c2)c(C(C)(C)CC)c1. The average molecular weight is 687 g/mol. The lowest BCUT2D eigenvalue weighted by atomic mass is 9.76. The van der Waals surface area contributed by atoms with Crippen molar-refractivity contribution in [1.29, 1.82) is 0 Å². The smallest absolute Gasteiger partial charge is 0.347 e. The number of halogens is 3. The molecule has 1 aromatic heterocycles. The van der Waals surface area contributed by atoms with Crippen molar-refractivity contribution >= 4 is 63.8 Å². The molecular formula is C34H38Cl3N5O4. The fourth-order valence-corrected chi connectivity index (χ4v) is 5.58. The first kappa shape index (κ1) is 34.9. The minimum atomic E-state index is -0.761. The second-order valence-corrected chi connectivity index (χ2v) is 13.4. The van der Waals surface area contributed by atoms with E-state index in [1.165, 1.54) is 30.0 Å². The lowest BCUT2D eigenvalue weighted by Crippen LogP contribution is -2.44. The van der Waals surface area contributed by atoms with Crippen LogP contribution in [0.4, 0.5) is 21.9 Å². The van der Waals surface area contributed by atoms with Crippen molar-refractivity contribution in [3.63, 3.8) is 0 Å². The Morgan fingerprint density at radius 3 is 2.17 bits per heavy atom. The van der Waals surface area contributed by atoms with Gasteiger partial charge in [-0.1, -0.05) is 94.5 Å². The van der Waals surface area contributed by atoms with Crippen LogP contribution in [-0.4, -0.2) is 28.4 Å². The number of urea groups is 1. The van der Waals surface area contributed by atoms with E-state index in [4.69, 9.17) is 39.5 Å². The van der Waals surface area contributed by atoms with Crippen LogP contribution in [0.25, 0.3) is 0 Å². The predicted molar refractivity (Wildman–Crippen MR) is 187 cm³/mol. The molecule has 0 aliphatic heterocycles. The highest BCUT2D eigenvalue weighted by Gasteiger charge is 2.27. The molecular weight excluding hydrogens is 649 g/mol. The van der Waals surface area contributed by atoms with Crippen LogP contribution in [-0.2, 0) is 15.6 Å². The van der Waals surface area contributed by atoms with Crippen LogP contribution in [0.3, 0.4) is 0 Å². The molecule has 9 nitrogen and oxygen atoms in total. The van der Waals surface area contributed by atoms with Crippen LogP contribution in [0.2, 0.25) is 15.1 Å². The molecule has 244 valence electrons. The molecule has 0 radical (unpaired) electrons. The fourth-order valence-electron chi connectivity index (χ4n) is 4.67. The summed E-state index contributed by atoms with van der Waals surface area (Å²) in [4.78, 5) is 40.3. The van der Waals surface area contributed by atoms with Gasteiger partial charge in [-0.3, -0.25) is 14.7 Å². The van der Waals surface area contributed by atoms with Crippen LogP contribution >= 0.6 is 34.8 Å². The van der Waals surface area contributed by atoms with E-state index >= 15 is 0 Å². The van der Waals surface area contributed by atoms with Crippen molar-refractivity contribution in [2.45, 2.75) is 65.2 Å². The number of nitrogens with one attached hydrogen (secondary N) is 3. The molecule has 3 N–H and O–H groups in total. The van der Waals surface area contributed by atoms with Gasteiger partial charge >= 0.3 is 6.03 Å². The Hall–Kier alpha value is -3.92. The Labute approximate surface area is 283 Å². The van der Waals surface area contributed by atoms with Gasteiger partial charge in [-0.15, -0.1) is 4.79 Å². The summed E-state index contributed by atoms with van der Waals surface area (Å²) in [7, 11) is 0. The zero-order chi connectivity index (χ0) is 33.8. The number of carbonyl (C=O) groups is 2. The molecule has 3 amide bonds. The summed E-state index contributed by atoms with van der Waals surface area (Å²) >= 11 is 18.6. The van der Waals surface area contributed by atoms with Crippen LogP contribution < -0.4 is 25.9 Å². The third-order valence-corrected chi connectivity index (χ3v) is 9.07. The van der Waals surface area contributed by atoms with Gasteiger partial charge in [0.25, 0.3) is 11.5 Å². The van der Waals surface area contributed by atoms with Gasteiger partial charge in [0, 0.05) is 28.5 Å². The summed E-state index contributed by atoms with van der Waals surface area (Å²) in [6.07, 6.45) is 3.27. The molecule has 0 spiro atoms. The lowest BCUT2D eigenvalue weighted by Gasteiger charge is -2.30. The van der Waals surface area contributed by atoms with Crippen molar-refractivity contribution in [3.05, 3.63) is 103 Å². The summed E-state index contributed by atoms with van der Waals surface area (Å²) < 4.78 is 6.08. The summed E-state index contributed by atoms with van der Waals surface area (Å²) in [5, 5.41) is 9.74. The fraction of sp³-hybridized carbons (Fsp3) is 0.324. The van der Waals surface area contributed by atoms with Crippen LogP contribution in [0.15, 0.2) is 71.7 Å². The van der Waals surface area contributed by atoms with E-state index in [1.807, 2.05) is 6.07 Å². The zero-order valence-electron chi connectivity index (χ0n) is 26.6. The third-order valence-electron chi connectivity index (χ3n) is 8.25. The molecule has 4 aromatic rings. The van der Waals surface area contributed by atoms with Crippen molar-refractivity contribution in [3.8, 4) is 5.75 Å². The molecule has 0 fully saturated rings. The first-order valence-electron chi connectivity index (χ1n) is 14.9. The first-order valence-corrected chi connectivity index (χ1v) is 16.0. The van der Waals surface area contributed by atoms with E-state index in [9.17, 15) is 14.4 Å². The van der Waals surface area contributed by atoms with Crippen LogP contribution in [0.1, 0.15) is 65.5 Å². The van der Waals surface area contributed by atoms with Crippen LogP contribution in [0.5, 0.6) is 5.75 Å². The highest BCUT2D eigenvalue weighted by atomic mass is 35.5. The van der Waals surface area contributed by atoms with Crippen molar-refractivity contribution < 1.29 is 14.3 Å². The van der Waals surface area contributed by atoms with E-state index in [-0.39, 0.29) is 38.9 Å². The van der Waals surface area contributed by atoms with Gasteiger partial charge in [-0.2, -0.15) is 5.01 Å². The summed E-state index contributed by atoms with van der Waals surface area (Å²) in [5.41, 5.74) is 2.33. The van der Waals surface area contributed by atoms with Gasteiger partial charge in [0.05, 0.1) is 21.4 Å². The Morgan fingerprint density at radius 1 is 0.891 bits per heavy atom. The normalized spacial score (nSPS) is 11.7. The van der Waals surface area contributed by atoms with E-state index in [1.54, 1.807) is 24.3 Å². The molecule has 0 bridgehead atoms. The highest BCUT2D eigenvalue weighted by Crippen LogP contribution is 2.39. The number of carbonyl (C=O) groups excluding carboxylic acids is 2. The maximum absolute atomic E-state index is 13.6. The van der Waals surface area contributed by atoms with E-state index in [0.717, 1.165) is 28.2 Å². The molecule has 12 heteroatoms. The number of ether oxygens (including phenoxy) is 1. The number of hydrogen-bond acceptors (Lipinski definition) is 4. The summed E-state index contributed by atoms with van der Waals surface area (Å²) in [6, 6.07) is 16.0. The Bertz CT molecular complexity index is 1770. The van der Waals surface area contributed by atoms with E-state index < -0.39 is 17.5 Å². The number of anilines is 3. The molecule has 0 unspecified atom stereocenters. The Morgan fingerprint density at radius 2 is 1.57 bits per heavy atom. The van der Waals surface area contributed by atoms with Gasteiger partial charge in [0.2, 0.25) is 0 Å². The van der Waals surface area contributed by atoms with Gasteiger partial charge in [-0.05, 0) is 65.6 Å². The molecule has 0 saturated carbocycles. The van der Waals surface area contributed by atoms with E-state index in [2.05, 4.69) is 69.4 Å². The monoisotopic (exact) mass is 685 g/mol. The molecule has 0 aliphatic rings. The van der Waals surface area contributed by atoms with Crippen molar-refractivity contribution in [2.75, 3.05) is 22.2 Å². The van der Waals surface area contributed by atoms with E-state index in [0.29, 0.717) is 16.5 Å². The number of nitrogens with zero attached hydrogens (tertiary/aromatic N) is 2. The second-order valence-electron chi connectivity index (χ2n) is 12.2. The van der Waals surface area contributed by atoms with Gasteiger partial charge in [-0.25, -0.2) is 4.79 Å². The lowest BCUT2D eigenvalue weighted by molar-refractivity contribution is -0.118. The molecule has 46 heavy (non-hydrogen) atoms.